The lowest BCUT2D eigenvalue weighted by molar-refractivity contribution is -0.155. The molecule has 2 saturated heterocycles. The summed E-state index contributed by atoms with van der Waals surface area (Å²) >= 11 is 0. The van der Waals surface area contributed by atoms with Gasteiger partial charge in [-0.2, -0.15) is 4.31 Å². The molecule has 2 N–H and O–H groups in total. The quantitative estimate of drug-likeness (QED) is 0.650. The normalized spacial score (nSPS) is 26.6. The third-order valence-electron chi connectivity index (χ3n) is 5.75. The molecule has 0 amide bonds. The first-order chi connectivity index (χ1) is 15.8. The largest absolute Gasteiger partial charge is 0.481 e. The highest BCUT2D eigenvalue weighted by Gasteiger charge is 2.43. The number of carbonyl (C=O) groups is 1. The van der Waals surface area contributed by atoms with Crippen LogP contribution in [0.3, 0.4) is 0 Å². The summed E-state index contributed by atoms with van der Waals surface area (Å²) in [5.41, 5.74) is 0. The van der Waals surface area contributed by atoms with Gasteiger partial charge in [-0.1, -0.05) is 18.2 Å². The molecule has 0 bridgehead atoms. The van der Waals surface area contributed by atoms with Crippen LogP contribution in [0.1, 0.15) is 19.3 Å². The summed E-state index contributed by atoms with van der Waals surface area (Å²) in [6.07, 6.45) is -1.45. The van der Waals surface area contributed by atoms with Gasteiger partial charge in [-0.15, -0.1) is 0 Å². The molecule has 2 fully saturated rings. The summed E-state index contributed by atoms with van der Waals surface area (Å²) in [5.74, 6) is 0.165. The fourth-order valence-electron chi connectivity index (χ4n) is 4.21. The number of benzene rings is 2. The topological polar surface area (TPSA) is 123 Å². The summed E-state index contributed by atoms with van der Waals surface area (Å²) in [7, 11) is -3.97. The highest BCUT2D eigenvalue weighted by Crippen LogP contribution is 2.32. The van der Waals surface area contributed by atoms with Crippen LogP contribution in [0.4, 0.5) is 0 Å². The molecule has 2 aliphatic rings. The number of hydrogen-bond acceptors (Lipinski definition) is 7. The molecule has 0 aromatic heterocycles. The van der Waals surface area contributed by atoms with Crippen LogP contribution in [0.2, 0.25) is 0 Å². The molecule has 4 atom stereocenters. The van der Waals surface area contributed by atoms with E-state index >= 15 is 0 Å². The first-order valence-corrected chi connectivity index (χ1v) is 12.2. The molecule has 4 rings (SSSR count). The number of carboxylic acid groups (broad SMARTS) is 1. The average molecular weight is 478 g/mol. The fraction of sp³-hybridized carbons (Fsp3) is 0.435. The smallest absolute Gasteiger partial charge is 0.305 e. The van der Waals surface area contributed by atoms with Crippen LogP contribution in [-0.4, -0.2) is 73.0 Å². The van der Waals surface area contributed by atoms with E-state index < -0.39 is 40.3 Å². The molecule has 10 heteroatoms. The minimum absolute atomic E-state index is 0.0357. The molecule has 178 valence electrons. The lowest BCUT2D eigenvalue weighted by Gasteiger charge is -2.43. The molecular weight excluding hydrogens is 450 g/mol. The summed E-state index contributed by atoms with van der Waals surface area (Å²) in [4.78, 5) is 11.2. The Labute approximate surface area is 192 Å². The minimum Gasteiger partial charge on any atom is -0.481 e. The van der Waals surface area contributed by atoms with Gasteiger partial charge in [0.25, 0.3) is 0 Å². The second kappa shape index (κ2) is 10.2. The van der Waals surface area contributed by atoms with Crippen molar-refractivity contribution in [3.63, 3.8) is 0 Å². The van der Waals surface area contributed by atoms with Crippen LogP contribution < -0.4 is 4.74 Å². The third kappa shape index (κ3) is 5.71. The van der Waals surface area contributed by atoms with Crippen LogP contribution >= 0.6 is 0 Å². The molecule has 0 unspecified atom stereocenters. The number of fused-ring (bicyclic) bond motifs is 1. The number of carboxylic acids is 1. The van der Waals surface area contributed by atoms with Gasteiger partial charge in [0, 0.05) is 6.54 Å². The highest BCUT2D eigenvalue weighted by atomic mass is 32.2. The summed E-state index contributed by atoms with van der Waals surface area (Å²) in [5, 5.41) is 19.4. The zero-order chi connectivity index (χ0) is 23.4. The molecule has 2 aliphatic heterocycles. The van der Waals surface area contributed by atoms with Gasteiger partial charge in [0.05, 0.1) is 48.9 Å². The Kier molecular flexibility index (Phi) is 7.30. The van der Waals surface area contributed by atoms with Gasteiger partial charge in [-0.3, -0.25) is 4.79 Å². The van der Waals surface area contributed by atoms with Crippen LogP contribution in [0, 0.1) is 0 Å². The van der Waals surface area contributed by atoms with Crippen LogP contribution in [0.25, 0.3) is 0 Å². The predicted octanol–water partition coefficient (Wildman–Crippen LogP) is 2.25. The maximum Gasteiger partial charge on any atom is 0.305 e. The van der Waals surface area contributed by atoms with Gasteiger partial charge >= 0.3 is 5.97 Å². The number of rotatable bonds is 6. The molecule has 33 heavy (non-hydrogen) atoms. The van der Waals surface area contributed by atoms with Gasteiger partial charge in [0.15, 0.2) is 0 Å². The van der Waals surface area contributed by atoms with E-state index in [1.54, 1.807) is 24.3 Å². The molecule has 0 aliphatic carbocycles. The third-order valence-corrected chi connectivity index (χ3v) is 7.65. The zero-order valence-corrected chi connectivity index (χ0v) is 18.8. The van der Waals surface area contributed by atoms with Gasteiger partial charge in [0.1, 0.15) is 11.5 Å². The molecule has 9 nitrogen and oxygen atoms in total. The number of sulfonamides is 1. The van der Waals surface area contributed by atoms with Gasteiger partial charge in [0.2, 0.25) is 10.0 Å². The van der Waals surface area contributed by atoms with Crippen LogP contribution in [0.5, 0.6) is 11.5 Å². The number of β-amino-alcohol motifs (C(OH)–C–C–N with tert-alkyl or cyclic N) is 1. The van der Waals surface area contributed by atoms with Gasteiger partial charge < -0.3 is 24.4 Å². The van der Waals surface area contributed by atoms with E-state index in [4.69, 9.17) is 19.3 Å². The van der Waals surface area contributed by atoms with Gasteiger partial charge in [-0.05, 0) is 49.2 Å². The second-order valence-corrected chi connectivity index (χ2v) is 10.1. The highest BCUT2D eigenvalue weighted by molar-refractivity contribution is 7.89. The van der Waals surface area contributed by atoms with E-state index in [0.29, 0.717) is 24.3 Å². The molecule has 2 aromatic rings. The number of aliphatic hydroxyl groups is 1. The predicted molar refractivity (Wildman–Crippen MR) is 118 cm³/mol. The van der Waals surface area contributed by atoms with E-state index in [2.05, 4.69) is 0 Å². The molecule has 2 aromatic carbocycles. The Bertz CT molecular complexity index is 1040. The van der Waals surface area contributed by atoms with Crippen molar-refractivity contribution in [2.75, 3.05) is 19.8 Å². The van der Waals surface area contributed by atoms with E-state index in [0.717, 1.165) is 0 Å². The van der Waals surface area contributed by atoms with Crippen molar-refractivity contribution in [3.8, 4) is 11.5 Å². The Morgan fingerprint density at radius 3 is 2.42 bits per heavy atom. The van der Waals surface area contributed by atoms with Crippen molar-refractivity contribution in [2.24, 2.45) is 0 Å². The Morgan fingerprint density at radius 2 is 1.73 bits per heavy atom. The lowest BCUT2D eigenvalue weighted by atomic mass is 9.96. The number of aliphatic carboxylic acids is 1. The second-order valence-electron chi connectivity index (χ2n) is 8.19. The molecule has 0 radical (unpaired) electrons. The molecule has 2 heterocycles. The van der Waals surface area contributed by atoms with E-state index in [1.165, 1.54) is 16.4 Å². The van der Waals surface area contributed by atoms with Crippen LogP contribution in [0.15, 0.2) is 59.5 Å². The van der Waals surface area contributed by atoms with Gasteiger partial charge in [-0.25, -0.2) is 8.42 Å². The van der Waals surface area contributed by atoms with Crippen molar-refractivity contribution in [2.45, 2.75) is 48.5 Å². The molecular formula is C23H27NO8S. The number of para-hydroxylation sites is 1. The van der Waals surface area contributed by atoms with E-state index in [9.17, 15) is 18.3 Å². The number of ether oxygens (including phenoxy) is 3. The minimum atomic E-state index is -3.97. The maximum absolute atomic E-state index is 13.6. The number of nitrogens with zero attached hydrogens (tertiary/aromatic N) is 1. The fourth-order valence-corrected chi connectivity index (χ4v) is 5.92. The van der Waals surface area contributed by atoms with Crippen molar-refractivity contribution in [3.05, 3.63) is 54.6 Å². The summed E-state index contributed by atoms with van der Waals surface area (Å²) in [6, 6.07) is 14.7. The lowest BCUT2D eigenvalue weighted by Crippen LogP contribution is -2.57. The maximum atomic E-state index is 13.6. The van der Waals surface area contributed by atoms with E-state index in [-0.39, 0.29) is 31.1 Å². The SMILES string of the molecule is O=C(O)C[C@H]1CC[C@@H]2[C@H](COC[C@@H](O)CN2S(=O)(=O)c2ccc(Oc3ccccc3)cc2)O1. The first kappa shape index (κ1) is 23.7. The molecule has 0 spiro atoms. The Hall–Kier alpha value is -2.50. The Morgan fingerprint density at radius 1 is 1.03 bits per heavy atom. The number of aliphatic hydroxyl groups excluding tert-OH is 1. The zero-order valence-electron chi connectivity index (χ0n) is 17.9. The summed E-state index contributed by atoms with van der Waals surface area (Å²) < 4.78 is 45.5. The van der Waals surface area contributed by atoms with Crippen molar-refractivity contribution in [1.29, 1.82) is 0 Å². The Balaban J connectivity index is 1.55. The molecule has 0 saturated carbocycles. The van der Waals surface area contributed by atoms with Crippen LogP contribution in [-0.2, 0) is 24.3 Å². The number of hydrogen-bond donors (Lipinski definition) is 2. The standard InChI is InChI=1S/C23H27NO8S/c25-16-13-24(21-11-8-19(12-23(26)27)32-22(21)15-30-14-16)33(28,29)20-9-6-18(7-10-20)31-17-4-2-1-3-5-17/h1-7,9-10,16,19,21-22,25H,8,11-15H2,(H,26,27)/t16-,19+,21+,22-/m0/s1. The van der Waals surface area contributed by atoms with Crippen molar-refractivity contribution in [1.82, 2.24) is 4.31 Å². The van der Waals surface area contributed by atoms with Crippen molar-refractivity contribution >= 4 is 16.0 Å². The van der Waals surface area contributed by atoms with Crippen molar-refractivity contribution < 1.29 is 37.6 Å². The first-order valence-electron chi connectivity index (χ1n) is 10.8. The summed E-state index contributed by atoms with van der Waals surface area (Å²) in [6.45, 7) is -0.0987. The van der Waals surface area contributed by atoms with E-state index in [1.807, 2.05) is 18.2 Å². The average Bonchev–Trinajstić information content (AvgIpc) is 2.77. The monoisotopic (exact) mass is 477 g/mol.